The van der Waals surface area contributed by atoms with E-state index in [0.29, 0.717) is 16.7 Å². The van der Waals surface area contributed by atoms with Gasteiger partial charge in [0, 0.05) is 13.1 Å². The predicted molar refractivity (Wildman–Crippen MR) is 95.4 cm³/mol. The first-order chi connectivity index (χ1) is 12.1. The molecule has 0 unspecified atom stereocenters. The third kappa shape index (κ3) is 3.77. The molecule has 0 saturated heterocycles. The number of nitrogens with zero attached hydrogens (tertiary/aromatic N) is 5. The van der Waals surface area contributed by atoms with E-state index in [1.807, 2.05) is 11.7 Å². The maximum absolute atomic E-state index is 9.64. The molecule has 0 aromatic carbocycles. The average molecular weight is 363 g/mol. The van der Waals surface area contributed by atoms with Gasteiger partial charge in [-0.3, -0.25) is 4.68 Å². The highest BCUT2D eigenvalue weighted by atomic mass is 35.5. The molecule has 0 spiro atoms. The van der Waals surface area contributed by atoms with Gasteiger partial charge in [0.05, 0.1) is 23.0 Å². The second-order valence-electron chi connectivity index (χ2n) is 7.20. The van der Waals surface area contributed by atoms with E-state index < -0.39 is 0 Å². The number of aromatic nitrogens is 5. The number of rotatable bonds is 5. The van der Waals surface area contributed by atoms with Crippen molar-refractivity contribution in [3.63, 3.8) is 0 Å². The van der Waals surface area contributed by atoms with Crippen LogP contribution in [-0.4, -0.2) is 42.2 Å². The zero-order chi connectivity index (χ0) is 17.4. The summed E-state index contributed by atoms with van der Waals surface area (Å²) in [6, 6.07) is 0.283. The molecule has 2 saturated carbocycles. The molecule has 2 heterocycles. The molecule has 2 aliphatic rings. The summed E-state index contributed by atoms with van der Waals surface area (Å²) in [5.74, 6) is 1.28. The van der Waals surface area contributed by atoms with E-state index in [-0.39, 0.29) is 12.1 Å². The van der Waals surface area contributed by atoms with Gasteiger partial charge in [-0.1, -0.05) is 16.8 Å². The number of hydrogen-bond acceptors (Lipinski definition) is 6. The van der Waals surface area contributed by atoms with Crippen LogP contribution in [0.25, 0.3) is 11.4 Å². The fourth-order valence-corrected chi connectivity index (χ4v) is 3.57. The standard InChI is InChI=1S/C17H23ClN6O/c1-24-14(8-10-2-3-10)16(22-23-24)15-13(18)9-19-17(21-15)20-11-4-6-12(25)7-5-11/h9-12,25H,2-8H2,1H3,(H,19,20,21). The zero-order valence-corrected chi connectivity index (χ0v) is 15.1. The van der Waals surface area contributed by atoms with E-state index in [0.717, 1.165) is 49.4 Å². The van der Waals surface area contributed by atoms with E-state index in [1.165, 1.54) is 12.8 Å². The fourth-order valence-electron chi connectivity index (χ4n) is 3.39. The lowest BCUT2D eigenvalue weighted by atomic mass is 9.93. The van der Waals surface area contributed by atoms with Gasteiger partial charge in [0.2, 0.25) is 5.95 Å². The Kier molecular flexibility index (Phi) is 4.60. The number of aliphatic hydroxyl groups excluding tert-OH is 1. The van der Waals surface area contributed by atoms with Gasteiger partial charge >= 0.3 is 0 Å². The first-order valence-corrected chi connectivity index (χ1v) is 9.34. The Morgan fingerprint density at radius 1 is 1.20 bits per heavy atom. The van der Waals surface area contributed by atoms with E-state index in [9.17, 15) is 5.11 Å². The van der Waals surface area contributed by atoms with E-state index in [4.69, 9.17) is 11.6 Å². The molecule has 0 bridgehead atoms. The Bertz CT molecular complexity index is 752. The van der Waals surface area contributed by atoms with Crippen LogP contribution in [0.1, 0.15) is 44.2 Å². The Morgan fingerprint density at radius 2 is 1.96 bits per heavy atom. The summed E-state index contributed by atoms with van der Waals surface area (Å²) in [5, 5.41) is 22.0. The molecule has 4 rings (SSSR count). The van der Waals surface area contributed by atoms with Gasteiger partial charge in [-0.05, 0) is 50.9 Å². The normalized spacial score (nSPS) is 23.6. The smallest absolute Gasteiger partial charge is 0.223 e. The van der Waals surface area contributed by atoms with Gasteiger partial charge in [0.15, 0.2) is 0 Å². The summed E-state index contributed by atoms with van der Waals surface area (Å²) in [6.07, 6.45) is 8.40. The second kappa shape index (κ2) is 6.88. The van der Waals surface area contributed by atoms with E-state index >= 15 is 0 Å². The summed E-state index contributed by atoms with van der Waals surface area (Å²) in [5.41, 5.74) is 2.47. The van der Waals surface area contributed by atoms with Crippen LogP contribution in [0.5, 0.6) is 0 Å². The predicted octanol–water partition coefficient (Wildman–Crippen LogP) is 2.59. The quantitative estimate of drug-likeness (QED) is 0.849. The van der Waals surface area contributed by atoms with Crippen LogP contribution in [0.3, 0.4) is 0 Å². The van der Waals surface area contributed by atoms with Gasteiger partial charge in [-0.25, -0.2) is 9.97 Å². The molecule has 0 atom stereocenters. The monoisotopic (exact) mass is 362 g/mol. The molecule has 2 aliphatic carbocycles. The molecular weight excluding hydrogens is 340 g/mol. The Balaban J connectivity index is 1.57. The van der Waals surface area contributed by atoms with Gasteiger partial charge in [0.25, 0.3) is 0 Å². The third-order valence-corrected chi connectivity index (χ3v) is 5.40. The minimum Gasteiger partial charge on any atom is -0.393 e. The van der Waals surface area contributed by atoms with Crippen LogP contribution < -0.4 is 5.32 Å². The molecule has 134 valence electrons. The molecule has 0 amide bonds. The molecule has 2 aromatic rings. The zero-order valence-electron chi connectivity index (χ0n) is 14.3. The van der Waals surface area contributed by atoms with E-state index in [1.54, 1.807) is 6.20 Å². The highest BCUT2D eigenvalue weighted by molar-refractivity contribution is 6.32. The van der Waals surface area contributed by atoms with Crippen molar-refractivity contribution >= 4 is 17.5 Å². The van der Waals surface area contributed by atoms with Gasteiger partial charge in [-0.2, -0.15) is 0 Å². The van der Waals surface area contributed by atoms with Crippen LogP contribution >= 0.6 is 11.6 Å². The molecule has 2 aromatic heterocycles. The number of nitrogens with one attached hydrogen (secondary N) is 1. The lowest BCUT2D eigenvalue weighted by Gasteiger charge is -2.26. The lowest BCUT2D eigenvalue weighted by Crippen LogP contribution is -2.29. The molecule has 8 heteroatoms. The topological polar surface area (TPSA) is 88.8 Å². The summed E-state index contributed by atoms with van der Waals surface area (Å²) in [6.45, 7) is 0. The van der Waals surface area contributed by atoms with Crippen molar-refractivity contribution < 1.29 is 5.11 Å². The van der Waals surface area contributed by atoms with Gasteiger partial charge < -0.3 is 10.4 Å². The minimum atomic E-state index is -0.177. The number of aryl methyl sites for hydroxylation is 1. The van der Waals surface area contributed by atoms with Crippen molar-refractivity contribution in [2.45, 2.75) is 57.1 Å². The van der Waals surface area contributed by atoms with Crippen LogP contribution in [0.15, 0.2) is 6.20 Å². The molecule has 0 radical (unpaired) electrons. The first kappa shape index (κ1) is 16.7. The van der Waals surface area contributed by atoms with Crippen LogP contribution in [0.4, 0.5) is 5.95 Å². The summed E-state index contributed by atoms with van der Waals surface area (Å²) in [4.78, 5) is 8.94. The lowest BCUT2D eigenvalue weighted by molar-refractivity contribution is 0.126. The molecule has 2 N–H and O–H groups in total. The van der Waals surface area contributed by atoms with Crippen LogP contribution in [0.2, 0.25) is 5.02 Å². The molecule has 0 aliphatic heterocycles. The summed E-state index contributed by atoms with van der Waals surface area (Å²) in [7, 11) is 1.91. The van der Waals surface area contributed by atoms with Crippen molar-refractivity contribution in [2.24, 2.45) is 13.0 Å². The third-order valence-electron chi connectivity index (χ3n) is 5.12. The molecule has 25 heavy (non-hydrogen) atoms. The highest BCUT2D eigenvalue weighted by Gasteiger charge is 2.27. The Hall–Kier alpha value is -1.73. The Labute approximate surface area is 151 Å². The van der Waals surface area contributed by atoms with Crippen molar-refractivity contribution in [3.8, 4) is 11.4 Å². The van der Waals surface area contributed by atoms with E-state index in [2.05, 4.69) is 25.6 Å². The summed E-state index contributed by atoms with van der Waals surface area (Å²) < 4.78 is 1.82. The van der Waals surface area contributed by atoms with Crippen molar-refractivity contribution in [3.05, 3.63) is 16.9 Å². The number of halogens is 1. The van der Waals surface area contributed by atoms with Crippen molar-refractivity contribution in [1.82, 2.24) is 25.0 Å². The minimum absolute atomic E-state index is 0.177. The summed E-state index contributed by atoms with van der Waals surface area (Å²) >= 11 is 6.36. The highest BCUT2D eigenvalue weighted by Crippen LogP contribution is 2.36. The molecular formula is C17H23ClN6O. The van der Waals surface area contributed by atoms with Crippen molar-refractivity contribution in [2.75, 3.05) is 5.32 Å². The average Bonchev–Trinajstić information content (AvgIpc) is 3.35. The molecule has 2 fully saturated rings. The molecule has 7 nitrogen and oxygen atoms in total. The largest absolute Gasteiger partial charge is 0.393 e. The van der Waals surface area contributed by atoms with Gasteiger partial charge in [-0.15, -0.1) is 5.10 Å². The van der Waals surface area contributed by atoms with Gasteiger partial charge in [0.1, 0.15) is 11.4 Å². The van der Waals surface area contributed by atoms with Crippen LogP contribution in [-0.2, 0) is 13.5 Å². The number of aliphatic hydroxyl groups is 1. The Morgan fingerprint density at radius 3 is 2.68 bits per heavy atom. The maximum Gasteiger partial charge on any atom is 0.223 e. The second-order valence-corrected chi connectivity index (χ2v) is 7.60. The fraction of sp³-hybridized carbons (Fsp3) is 0.647. The van der Waals surface area contributed by atoms with Crippen molar-refractivity contribution in [1.29, 1.82) is 0 Å². The SMILES string of the molecule is Cn1nnc(-c2nc(NC3CCC(O)CC3)ncc2Cl)c1CC1CC1. The first-order valence-electron chi connectivity index (χ1n) is 8.96. The maximum atomic E-state index is 9.64. The number of hydrogen-bond donors (Lipinski definition) is 2. The van der Waals surface area contributed by atoms with Crippen LogP contribution in [0, 0.1) is 5.92 Å². The number of anilines is 1.